The summed E-state index contributed by atoms with van der Waals surface area (Å²) >= 11 is 0. The molecule has 0 aromatic carbocycles. The Morgan fingerprint density at radius 2 is 1.70 bits per heavy atom. The maximum absolute atomic E-state index is 5.66. The SMILES string of the molecule is C=C.CC1=C(N)CCCC1. The molecule has 0 unspecified atom stereocenters. The van der Waals surface area contributed by atoms with E-state index in [1.54, 1.807) is 0 Å². The van der Waals surface area contributed by atoms with E-state index in [9.17, 15) is 0 Å². The van der Waals surface area contributed by atoms with Gasteiger partial charge in [0.25, 0.3) is 0 Å². The molecule has 2 N–H and O–H groups in total. The van der Waals surface area contributed by atoms with Crippen LogP contribution in [0.4, 0.5) is 0 Å². The maximum atomic E-state index is 5.66. The van der Waals surface area contributed by atoms with Crippen LogP contribution in [0.25, 0.3) is 0 Å². The van der Waals surface area contributed by atoms with Crippen LogP contribution < -0.4 is 5.73 Å². The highest BCUT2D eigenvalue weighted by atomic mass is 14.6. The van der Waals surface area contributed by atoms with Crippen LogP contribution in [-0.2, 0) is 0 Å². The molecule has 1 rings (SSSR count). The Bertz CT molecular complexity index is 111. The molecule has 0 saturated heterocycles. The smallest absolute Gasteiger partial charge is 0.00695 e. The van der Waals surface area contributed by atoms with Crippen molar-refractivity contribution in [2.45, 2.75) is 32.6 Å². The van der Waals surface area contributed by atoms with Gasteiger partial charge in [0, 0.05) is 5.70 Å². The van der Waals surface area contributed by atoms with Crippen molar-refractivity contribution < 1.29 is 0 Å². The van der Waals surface area contributed by atoms with Crippen LogP contribution in [0.3, 0.4) is 0 Å². The maximum Gasteiger partial charge on any atom is 0.00695 e. The predicted molar refractivity (Wildman–Crippen MR) is 46.6 cm³/mol. The lowest BCUT2D eigenvalue weighted by Crippen LogP contribution is -2.05. The second-order valence-electron chi connectivity index (χ2n) is 2.51. The molecule has 1 nitrogen and oxygen atoms in total. The van der Waals surface area contributed by atoms with Crippen molar-refractivity contribution in [1.82, 2.24) is 0 Å². The molecule has 0 fully saturated rings. The van der Waals surface area contributed by atoms with Gasteiger partial charge in [-0.1, -0.05) is 5.57 Å². The van der Waals surface area contributed by atoms with E-state index in [-0.39, 0.29) is 0 Å². The number of nitrogens with two attached hydrogens (primary N) is 1. The van der Waals surface area contributed by atoms with E-state index in [2.05, 4.69) is 20.1 Å². The van der Waals surface area contributed by atoms with Crippen LogP contribution in [0.15, 0.2) is 24.4 Å². The highest BCUT2D eigenvalue weighted by Gasteiger charge is 2.03. The zero-order chi connectivity index (χ0) is 7.98. The van der Waals surface area contributed by atoms with Gasteiger partial charge in [0.1, 0.15) is 0 Å². The molecule has 0 saturated carbocycles. The molecule has 0 aromatic rings. The van der Waals surface area contributed by atoms with E-state index < -0.39 is 0 Å². The summed E-state index contributed by atoms with van der Waals surface area (Å²) in [6.07, 6.45) is 4.99. The molecule has 0 spiro atoms. The Labute approximate surface area is 63.6 Å². The monoisotopic (exact) mass is 139 g/mol. The van der Waals surface area contributed by atoms with Crippen LogP contribution in [0.2, 0.25) is 0 Å². The van der Waals surface area contributed by atoms with Gasteiger partial charge in [0.15, 0.2) is 0 Å². The van der Waals surface area contributed by atoms with Crippen molar-refractivity contribution in [2.75, 3.05) is 0 Å². The first-order valence-corrected chi connectivity index (χ1v) is 3.75. The highest BCUT2D eigenvalue weighted by Crippen LogP contribution is 2.19. The van der Waals surface area contributed by atoms with Gasteiger partial charge in [-0.3, -0.25) is 0 Å². The molecule has 1 aliphatic rings. The summed E-state index contributed by atoms with van der Waals surface area (Å²) in [6, 6.07) is 0. The van der Waals surface area contributed by atoms with E-state index in [0.29, 0.717) is 0 Å². The predicted octanol–water partition coefficient (Wildman–Crippen LogP) is 2.60. The third-order valence-corrected chi connectivity index (χ3v) is 1.80. The van der Waals surface area contributed by atoms with Crippen LogP contribution in [0.5, 0.6) is 0 Å². The van der Waals surface area contributed by atoms with Gasteiger partial charge in [-0.15, -0.1) is 13.2 Å². The summed E-state index contributed by atoms with van der Waals surface area (Å²) < 4.78 is 0. The normalized spacial score (nSPS) is 17.7. The molecule has 0 atom stereocenters. The quantitative estimate of drug-likeness (QED) is 0.513. The number of hydrogen-bond donors (Lipinski definition) is 1. The van der Waals surface area contributed by atoms with Crippen LogP contribution in [0.1, 0.15) is 32.6 Å². The molecule has 0 amide bonds. The van der Waals surface area contributed by atoms with Crippen molar-refractivity contribution in [3.8, 4) is 0 Å². The third kappa shape index (κ3) is 2.72. The fourth-order valence-corrected chi connectivity index (χ4v) is 1.08. The topological polar surface area (TPSA) is 26.0 Å². The van der Waals surface area contributed by atoms with Gasteiger partial charge in [-0.2, -0.15) is 0 Å². The first-order valence-electron chi connectivity index (χ1n) is 3.75. The fraction of sp³-hybridized carbons (Fsp3) is 0.556. The zero-order valence-electron chi connectivity index (χ0n) is 6.82. The average molecular weight is 139 g/mol. The molecule has 0 aliphatic heterocycles. The summed E-state index contributed by atoms with van der Waals surface area (Å²) in [5.41, 5.74) is 8.21. The summed E-state index contributed by atoms with van der Waals surface area (Å²) in [7, 11) is 0. The largest absolute Gasteiger partial charge is 0.402 e. The molecule has 0 heterocycles. The summed E-state index contributed by atoms with van der Waals surface area (Å²) in [6.45, 7) is 8.13. The Morgan fingerprint density at radius 3 is 2.00 bits per heavy atom. The molecule has 1 aliphatic carbocycles. The van der Waals surface area contributed by atoms with Gasteiger partial charge >= 0.3 is 0 Å². The molecule has 58 valence electrons. The lowest BCUT2D eigenvalue weighted by Gasteiger charge is -2.12. The molecule has 0 aromatic heterocycles. The van der Waals surface area contributed by atoms with Crippen LogP contribution in [0, 0.1) is 0 Å². The Morgan fingerprint density at radius 1 is 1.20 bits per heavy atom. The van der Waals surface area contributed by atoms with Crippen molar-refractivity contribution in [3.05, 3.63) is 24.4 Å². The third-order valence-electron chi connectivity index (χ3n) is 1.80. The fourth-order valence-electron chi connectivity index (χ4n) is 1.08. The molecule has 0 radical (unpaired) electrons. The van der Waals surface area contributed by atoms with E-state index in [0.717, 1.165) is 12.1 Å². The van der Waals surface area contributed by atoms with Gasteiger partial charge in [-0.25, -0.2) is 0 Å². The van der Waals surface area contributed by atoms with Crippen molar-refractivity contribution >= 4 is 0 Å². The minimum Gasteiger partial charge on any atom is -0.402 e. The van der Waals surface area contributed by atoms with Crippen molar-refractivity contribution in [2.24, 2.45) is 5.73 Å². The van der Waals surface area contributed by atoms with Gasteiger partial charge < -0.3 is 5.73 Å². The van der Waals surface area contributed by atoms with E-state index in [1.807, 2.05) is 0 Å². The summed E-state index contributed by atoms with van der Waals surface area (Å²) in [4.78, 5) is 0. The number of rotatable bonds is 0. The van der Waals surface area contributed by atoms with E-state index in [1.165, 1.54) is 24.8 Å². The molecule has 0 bridgehead atoms. The first-order chi connectivity index (χ1) is 4.80. The lowest BCUT2D eigenvalue weighted by molar-refractivity contribution is 0.667. The van der Waals surface area contributed by atoms with E-state index >= 15 is 0 Å². The van der Waals surface area contributed by atoms with E-state index in [4.69, 9.17) is 5.73 Å². The minimum absolute atomic E-state index is 1.13. The average Bonchev–Trinajstić information content (AvgIpc) is 2.00. The Kier molecular flexibility index (Phi) is 4.73. The Hall–Kier alpha value is -0.720. The number of allylic oxidation sites excluding steroid dienone is 2. The zero-order valence-corrected chi connectivity index (χ0v) is 6.82. The second kappa shape index (κ2) is 5.10. The summed E-state index contributed by atoms with van der Waals surface area (Å²) in [5, 5.41) is 0. The number of hydrogen-bond acceptors (Lipinski definition) is 1. The van der Waals surface area contributed by atoms with Crippen molar-refractivity contribution in [3.63, 3.8) is 0 Å². The molecule has 10 heavy (non-hydrogen) atoms. The van der Waals surface area contributed by atoms with Crippen LogP contribution in [-0.4, -0.2) is 0 Å². The molecular formula is C9H17N. The second-order valence-corrected chi connectivity index (χ2v) is 2.51. The minimum atomic E-state index is 1.13. The highest BCUT2D eigenvalue weighted by molar-refractivity contribution is 5.10. The Balaban J connectivity index is 0.000000371. The summed E-state index contributed by atoms with van der Waals surface area (Å²) in [5.74, 6) is 0. The van der Waals surface area contributed by atoms with Crippen LogP contribution >= 0.6 is 0 Å². The van der Waals surface area contributed by atoms with Crippen molar-refractivity contribution in [1.29, 1.82) is 0 Å². The van der Waals surface area contributed by atoms with Gasteiger partial charge in [0.05, 0.1) is 0 Å². The molecule has 1 heteroatoms. The van der Waals surface area contributed by atoms with Gasteiger partial charge in [-0.05, 0) is 32.6 Å². The first kappa shape index (κ1) is 9.28. The lowest BCUT2D eigenvalue weighted by atomic mass is 9.98. The van der Waals surface area contributed by atoms with Gasteiger partial charge in [0.2, 0.25) is 0 Å². The standard InChI is InChI=1S/C7H13N.C2H4/c1-6-4-2-3-5-7(6)8;1-2/h2-5,8H2,1H3;1-2H2. The molecular weight excluding hydrogens is 122 g/mol.